The van der Waals surface area contributed by atoms with Crippen LogP contribution in [0.2, 0.25) is 0 Å². The molecule has 2 aliphatic rings. The lowest BCUT2D eigenvalue weighted by atomic mass is 9.78. The van der Waals surface area contributed by atoms with E-state index in [9.17, 15) is 14.7 Å². The Bertz CT molecular complexity index is 823. The van der Waals surface area contributed by atoms with Gasteiger partial charge < -0.3 is 10.4 Å². The van der Waals surface area contributed by atoms with Crippen molar-refractivity contribution in [3.05, 3.63) is 54.6 Å². The molecule has 2 aromatic rings. The van der Waals surface area contributed by atoms with E-state index in [4.69, 9.17) is 0 Å². The van der Waals surface area contributed by atoms with Gasteiger partial charge in [0.1, 0.15) is 0 Å². The Kier molecular flexibility index (Phi) is 4.72. The number of carbonyl (C=O) groups is 2. The van der Waals surface area contributed by atoms with Crippen molar-refractivity contribution in [1.29, 1.82) is 0 Å². The zero-order valence-electron chi connectivity index (χ0n) is 14.3. The molecule has 1 amide bonds. The zero-order valence-corrected chi connectivity index (χ0v) is 15.1. The van der Waals surface area contributed by atoms with E-state index < -0.39 is 17.8 Å². The topological polar surface area (TPSA) is 66.4 Å². The Morgan fingerprint density at radius 1 is 0.923 bits per heavy atom. The van der Waals surface area contributed by atoms with Gasteiger partial charge in [0, 0.05) is 9.79 Å². The van der Waals surface area contributed by atoms with E-state index in [1.807, 2.05) is 54.6 Å². The van der Waals surface area contributed by atoms with Gasteiger partial charge in [-0.1, -0.05) is 42.1 Å². The van der Waals surface area contributed by atoms with Crippen molar-refractivity contribution in [1.82, 2.24) is 0 Å². The molecular formula is C21H21NO3S. The van der Waals surface area contributed by atoms with Crippen LogP contribution in [0.25, 0.3) is 0 Å². The summed E-state index contributed by atoms with van der Waals surface area (Å²) < 4.78 is 0. The Balaban J connectivity index is 1.54. The Morgan fingerprint density at radius 2 is 1.58 bits per heavy atom. The van der Waals surface area contributed by atoms with Crippen molar-refractivity contribution in [3.63, 3.8) is 0 Å². The van der Waals surface area contributed by atoms with Crippen LogP contribution in [0.4, 0.5) is 5.69 Å². The minimum atomic E-state index is -0.829. The van der Waals surface area contributed by atoms with Gasteiger partial charge in [0.2, 0.25) is 5.91 Å². The van der Waals surface area contributed by atoms with E-state index in [1.165, 1.54) is 0 Å². The highest BCUT2D eigenvalue weighted by atomic mass is 32.2. The number of carboxylic acid groups (broad SMARTS) is 1. The summed E-state index contributed by atoms with van der Waals surface area (Å²) in [7, 11) is 0. The van der Waals surface area contributed by atoms with Crippen LogP contribution in [0, 0.1) is 23.7 Å². The second-order valence-electron chi connectivity index (χ2n) is 7.12. The summed E-state index contributed by atoms with van der Waals surface area (Å²) >= 11 is 1.59. The number of rotatable bonds is 5. The Morgan fingerprint density at radius 3 is 2.31 bits per heavy atom. The van der Waals surface area contributed by atoms with Crippen LogP contribution in [0.1, 0.15) is 19.3 Å². The van der Waals surface area contributed by atoms with Crippen molar-refractivity contribution >= 4 is 29.3 Å². The monoisotopic (exact) mass is 367 g/mol. The van der Waals surface area contributed by atoms with E-state index in [-0.39, 0.29) is 17.7 Å². The molecule has 2 aliphatic carbocycles. The van der Waals surface area contributed by atoms with Gasteiger partial charge in [-0.3, -0.25) is 9.59 Å². The van der Waals surface area contributed by atoms with Crippen LogP contribution in [0.3, 0.4) is 0 Å². The first-order chi connectivity index (χ1) is 12.6. The van der Waals surface area contributed by atoms with Crippen LogP contribution in [-0.2, 0) is 9.59 Å². The molecule has 0 spiro atoms. The molecule has 2 aromatic carbocycles. The highest BCUT2D eigenvalue weighted by molar-refractivity contribution is 7.99. The number of nitrogens with one attached hydrogen (secondary N) is 1. The van der Waals surface area contributed by atoms with Gasteiger partial charge >= 0.3 is 5.97 Å². The number of aliphatic carboxylic acids is 1. The highest BCUT2D eigenvalue weighted by Crippen LogP contribution is 2.52. The number of carbonyl (C=O) groups excluding carboxylic acids is 1. The number of amides is 1. The number of fused-ring (bicyclic) bond motifs is 2. The molecule has 2 fully saturated rings. The lowest BCUT2D eigenvalue weighted by molar-refractivity contribution is -0.148. The van der Waals surface area contributed by atoms with Crippen molar-refractivity contribution in [2.75, 3.05) is 5.32 Å². The van der Waals surface area contributed by atoms with Crippen molar-refractivity contribution in [3.8, 4) is 0 Å². The molecular weight excluding hydrogens is 346 g/mol. The molecule has 2 N–H and O–H groups in total. The molecule has 4 rings (SSSR count). The number of carboxylic acids is 1. The molecule has 0 aromatic heterocycles. The standard InChI is InChI=1S/C21H21NO3S/c23-20(18-13-10-11-14(12-13)19(18)21(24)25)22-16-8-4-5-9-17(16)26-15-6-2-1-3-7-15/h1-9,13-14,18-19H,10-12H2,(H,22,23)(H,24,25). The smallest absolute Gasteiger partial charge is 0.307 e. The fourth-order valence-electron chi connectivity index (χ4n) is 4.51. The van der Waals surface area contributed by atoms with Crippen molar-refractivity contribution in [2.24, 2.45) is 23.7 Å². The summed E-state index contributed by atoms with van der Waals surface area (Å²) in [5.41, 5.74) is 0.748. The second-order valence-corrected chi connectivity index (χ2v) is 8.24. The average molecular weight is 367 g/mol. The zero-order chi connectivity index (χ0) is 18.1. The SMILES string of the molecule is O=C(O)C1C2CCC(C2)C1C(=O)Nc1ccccc1Sc1ccccc1. The van der Waals surface area contributed by atoms with E-state index in [1.54, 1.807) is 11.8 Å². The van der Waals surface area contributed by atoms with Crippen molar-refractivity contribution in [2.45, 2.75) is 29.1 Å². The molecule has 0 saturated heterocycles. The molecule has 26 heavy (non-hydrogen) atoms. The largest absolute Gasteiger partial charge is 0.481 e. The van der Waals surface area contributed by atoms with E-state index in [0.717, 1.165) is 34.7 Å². The fraction of sp³-hybridized carbons (Fsp3) is 0.333. The van der Waals surface area contributed by atoms with E-state index >= 15 is 0 Å². The maximum Gasteiger partial charge on any atom is 0.307 e. The lowest BCUT2D eigenvalue weighted by Crippen LogP contribution is -2.37. The summed E-state index contributed by atoms with van der Waals surface area (Å²) in [5.74, 6) is -1.57. The number of anilines is 1. The molecule has 5 heteroatoms. The third kappa shape index (κ3) is 3.23. The van der Waals surface area contributed by atoms with Gasteiger partial charge in [-0.2, -0.15) is 0 Å². The number of hydrogen-bond acceptors (Lipinski definition) is 3. The third-order valence-electron chi connectivity index (χ3n) is 5.62. The summed E-state index contributed by atoms with van der Waals surface area (Å²) in [6.45, 7) is 0. The molecule has 4 atom stereocenters. The van der Waals surface area contributed by atoms with Gasteiger partial charge in [-0.25, -0.2) is 0 Å². The Hall–Kier alpha value is -2.27. The highest BCUT2D eigenvalue weighted by Gasteiger charge is 2.54. The van der Waals surface area contributed by atoms with Crippen LogP contribution in [-0.4, -0.2) is 17.0 Å². The van der Waals surface area contributed by atoms with Crippen molar-refractivity contribution < 1.29 is 14.7 Å². The second kappa shape index (κ2) is 7.16. The minimum absolute atomic E-state index is 0.147. The molecule has 2 saturated carbocycles. The first-order valence-electron chi connectivity index (χ1n) is 8.99. The first-order valence-corrected chi connectivity index (χ1v) is 9.80. The van der Waals surface area contributed by atoms with E-state index in [2.05, 4.69) is 5.32 Å². The van der Waals surface area contributed by atoms with Crippen LogP contribution < -0.4 is 5.32 Å². The van der Waals surface area contributed by atoms with E-state index in [0.29, 0.717) is 0 Å². The molecule has 134 valence electrons. The molecule has 2 bridgehead atoms. The van der Waals surface area contributed by atoms with Gasteiger partial charge in [0.25, 0.3) is 0 Å². The molecule has 4 unspecified atom stereocenters. The maximum atomic E-state index is 12.9. The quantitative estimate of drug-likeness (QED) is 0.815. The molecule has 0 heterocycles. The lowest BCUT2D eigenvalue weighted by Gasteiger charge is -2.27. The molecule has 4 nitrogen and oxygen atoms in total. The van der Waals surface area contributed by atoms with Crippen LogP contribution in [0.5, 0.6) is 0 Å². The van der Waals surface area contributed by atoms with Gasteiger partial charge in [0.05, 0.1) is 17.5 Å². The summed E-state index contributed by atoms with van der Waals surface area (Å²) in [5, 5.41) is 12.6. The number of hydrogen-bond donors (Lipinski definition) is 2. The van der Waals surface area contributed by atoms with Crippen LogP contribution in [0.15, 0.2) is 64.4 Å². The minimum Gasteiger partial charge on any atom is -0.481 e. The van der Waals surface area contributed by atoms with Crippen LogP contribution >= 0.6 is 11.8 Å². The molecule has 0 radical (unpaired) electrons. The fourth-order valence-corrected chi connectivity index (χ4v) is 5.44. The normalized spacial score (nSPS) is 26.6. The Labute approximate surface area is 157 Å². The number of para-hydroxylation sites is 1. The summed E-state index contributed by atoms with van der Waals surface area (Å²) in [4.78, 5) is 26.7. The first kappa shape index (κ1) is 17.2. The van der Waals surface area contributed by atoms with Gasteiger partial charge in [-0.15, -0.1) is 0 Å². The summed E-state index contributed by atoms with van der Waals surface area (Å²) in [6.07, 6.45) is 2.77. The predicted molar refractivity (Wildman–Crippen MR) is 101 cm³/mol. The maximum absolute atomic E-state index is 12.9. The average Bonchev–Trinajstić information content (AvgIpc) is 3.25. The number of benzene rings is 2. The third-order valence-corrected chi connectivity index (χ3v) is 6.70. The van der Waals surface area contributed by atoms with Gasteiger partial charge in [0.15, 0.2) is 0 Å². The molecule has 0 aliphatic heterocycles. The predicted octanol–water partition coefficient (Wildman–Crippen LogP) is 4.52. The van der Waals surface area contributed by atoms with Gasteiger partial charge in [-0.05, 0) is 55.4 Å². The summed E-state index contributed by atoms with van der Waals surface area (Å²) in [6, 6.07) is 17.7.